The van der Waals surface area contributed by atoms with Gasteiger partial charge < -0.3 is 15.4 Å². The van der Waals surface area contributed by atoms with Gasteiger partial charge >= 0.3 is 6.18 Å². The van der Waals surface area contributed by atoms with Crippen LogP contribution in [0.4, 0.5) is 18.9 Å². The smallest absolute Gasteiger partial charge is 0.419 e. The highest BCUT2D eigenvalue weighted by atomic mass is 19.4. The minimum atomic E-state index is -4.55. The summed E-state index contributed by atoms with van der Waals surface area (Å²) in [6, 6.07) is 3.15. The number of alkyl halides is 3. The largest absolute Gasteiger partial charge is 0.496 e. The van der Waals surface area contributed by atoms with Gasteiger partial charge in [-0.15, -0.1) is 0 Å². The van der Waals surface area contributed by atoms with E-state index in [1.54, 1.807) is 0 Å². The number of rotatable bonds is 3. The monoisotopic (exact) mass is 302 g/mol. The molecule has 114 valence electrons. The number of ether oxygens (including phenoxy) is 1. The molecule has 1 aromatic rings. The van der Waals surface area contributed by atoms with Crippen molar-refractivity contribution in [3.05, 3.63) is 23.8 Å². The third kappa shape index (κ3) is 2.93. The molecule has 0 saturated carbocycles. The number of amides is 2. The van der Waals surface area contributed by atoms with Crippen molar-refractivity contribution >= 4 is 17.5 Å². The van der Waals surface area contributed by atoms with Gasteiger partial charge in [0.25, 0.3) is 0 Å². The first-order valence-electron chi connectivity index (χ1n) is 6.09. The molecule has 1 unspecified atom stereocenters. The summed E-state index contributed by atoms with van der Waals surface area (Å²) in [5.41, 5.74) is 4.47. The molecular weight excluding hydrogens is 289 g/mol. The van der Waals surface area contributed by atoms with Crippen molar-refractivity contribution in [3.63, 3.8) is 0 Å². The first kappa shape index (κ1) is 15.1. The predicted octanol–water partition coefficient (Wildman–Crippen LogP) is 1.55. The van der Waals surface area contributed by atoms with E-state index in [1.807, 2.05) is 0 Å². The van der Waals surface area contributed by atoms with Crippen LogP contribution in [0, 0.1) is 5.92 Å². The number of benzene rings is 1. The number of hydrogen-bond acceptors (Lipinski definition) is 3. The molecule has 1 aliphatic heterocycles. The summed E-state index contributed by atoms with van der Waals surface area (Å²) in [6.45, 7) is 0.0582. The van der Waals surface area contributed by atoms with Gasteiger partial charge in [-0.3, -0.25) is 9.59 Å². The molecule has 5 nitrogen and oxygen atoms in total. The molecule has 2 rings (SSSR count). The van der Waals surface area contributed by atoms with Gasteiger partial charge in [-0.25, -0.2) is 0 Å². The molecule has 2 N–H and O–H groups in total. The molecule has 1 saturated heterocycles. The van der Waals surface area contributed by atoms with Gasteiger partial charge in [-0.05, 0) is 12.1 Å². The standard InChI is InChI=1S/C13H13F3N2O3/c1-21-10-5-8(2-3-9(10)13(14,15)16)18-6-7(12(17)20)4-11(18)19/h2-3,5,7H,4,6H2,1H3,(H2,17,20). The topological polar surface area (TPSA) is 72.6 Å². The predicted molar refractivity (Wildman–Crippen MR) is 67.7 cm³/mol. The lowest BCUT2D eigenvalue weighted by Gasteiger charge is -2.19. The van der Waals surface area contributed by atoms with Crippen LogP contribution in [0.2, 0.25) is 0 Å². The highest BCUT2D eigenvalue weighted by molar-refractivity contribution is 6.00. The Morgan fingerprint density at radius 2 is 2.10 bits per heavy atom. The van der Waals surface area contributed by atoms with Gasteiger partial charge in [0.05, 0.1) is 18.6 Å². The van der Waals surface area contributed by atoms with Crippen LogP contribution < -0.4 is 15.4 Å². The maximum absolute atomic E-state index is 12.8. The third-order valence-electron chi connectivity index (χ3n) is 3.33. The van der Waals surface area contributed by atoms with Gasteiger partial charge in [0.15, 0.2) is 0 Å². The number of methoxy groups -OCH3 is 1. The molecule has 2 amide bonds. The van der Waals surface area contributed by atoms with E-state index < -0.39 is 23.6 Å². The van der Waals surface area contributed by atoms with Crippen molar-refractivity contribution in [1.29, 1.82) is 0 Å². The molecule has 0 aromatic heterocycles. The minimum Gasteiger partial charge on any atom is -0.496 e. The third-order valence-corrected chi connectivity index (χ3v) is 3.33. The highest BCUT2D eigenvalue weighted by Crippen LogP contribution is 2.39. The summed E-state index contributed by atoms with van der Waals surface area (Å²) in [5, 5.41) is 0. The second kappa shape index (κ2) is 5.27. The van der Waals surface area contributed by atoms with E-state index in [9.17, 15) is 22.8 Å². The van der Waals surface area contributed by atoms with Crippen LogP contribution in [-0.2, 0) is 15.8 Å². The first-order chi connectivity index (χ1) is 9.74. The molecule has 1 fully saturated rings. The SMILES string of the molecule is COc1cc(N2CC(C(N)=O)CC2=O)ccc1C(F)(F)F. The van der Waals surface area contributed by atoms with Crippen LogP contribution in [0.1, 0.15) is 12.0 Å². The van der Waals surface area contributed by atoms with E-state index in [-0.39, 0.29) is 30.3 Å². The maximum Gasteiger partial charge on any atom is 0.419 e. The Bertz CT molecular complexity index is 587. The second-order valence-corrected chi connectivity index (χ2v) is 4.69. The Hall–Kier alpha value is -2.25. The van der Waals surface area contributed by atoms with Gasteiger partial charge in [-0.2, -0.15) is 13.2 Å². The second-order valence-electron chi connectivity index (χ2n) is 4.69. The number of hydrogen-bond donors (Lipinski definition) is 1. The van der Waals surface area contributed by atoms with Crippen LogP contribution in [0.3, 0.4) is 0 Å². The van der Waals surface area contributed by atoms with Crippen molar-refractivity contribution in [2.24, 2.45) is 11.7 Å². The van der Waals surface area contributed by atoms with Crippen LogP contribution in [-0.4, -0.2) is 25.5 Å². The normalized spacial score (nSPS) is 19.0. The quantitative estimate of drug-likeness (QED) is 0.920. The highest BCUT2D eigenvalue weighted by Gasteiger charge is 2.37. The number of primary amides is 1. The molecule has 1 aromatic carbocycles. The zero-order chi connectivity index (χ0) is 15.8. The van der Waals surface area contributed by atoms with E-state index in [0.717, 1.165) is 19.2 Å². The summed E-state index contributed by atoms with van der Waals surface area (Å²) < 4.78 is 43.0. The Kier molecular flexibility index (Phi) is 3.80. The zero-order valence-electron chi connectivity index (χ0n) is 11.1. The summed E-state index contributed by atoms with van der Waals surface area (Å²) in [4.78, 5) is 24.2. The van der Waals surface area contributed by atoms with Crippen LogP contribution >= 0.6 is 0 Å². The zero-order valence-corrected chi connectivity index (χ0v) is 11.1. The van der Waals surface area contributed by atoms with E-state index in [0.29, 0.717) is 0 Å². The molecule has 0 radical (unpaired) electrons. The van der Waals surface area contributed by atoms with Gasteiger partial charge in [-0.1, -0.05) is 0 Å². The lowest BCUT2D eigenvalue weighted by Crippen LogP contribution is -2.28. The van der Waals surface area contributed by atoms with Crippen molar-refractivity contribution in [3.8, 4) is 5.75 Å². The Morgan fingerprint density at radius 1 is 1.43 bits per heavy atom. The molecular formula is C13H13F3N2O3. The number of carbonyl (C=O) groups excluding carboxylic acids is 2. The van der Waals surface area contributed by atoms with Crippen molar-refractivity contribution in [2.75, 3.05) is 18.6 Å². The molecule has 0 bridgehead atoms. The maximum atomic E-state index is 12.8. The Labute approximate surface area is 118 Å². The number of halogens is 3. The molecule has 8 heteroatoms. The number of nitrogens with zero attached hydrogens (tertiary/aromatic N) is 1. The lowest BCUT2D eigenvalue weighted by molar-refractivity contribution is -0.138. The minimum absolute atomic E-state index is 0.0430. The van der Waals surface area contributed by atoms with Crippen LogP contribution in [0.25, 0.3) is 0 Å². The molecule has 21 heavy (non-hydrogen) atoms. The number of nitrogens with two attached hydrogens (primary N) is 1. The average Bonchev–Trinajstić information content (AvgIpc) is 2.79. The molecule has 0 spiro atoms. The van der Waals surface area contributed by atoms with Crippen LogP contribution in [0.15, 0.2) is 18.2 Å². The molecule has 1 atom stereocenters. The number of carbonyl (C=O) groups is 2. The summed E-state index contributed by atoms with van der Waals surface area (Å²) in [5.74, 6) is -1.98. The molecule has 1 heterocycles. The number of anilines is 1. The van der Waals surface area contributed by atoms with Crippen molar-refractivity contribution in [1.82, 2.24) is 0 Å². The summed E-state index contributed by atoms with van der Waals surface area (Å²) in [6.07, 6.45) is -4.59. The van der Waals surface area contributed by atoms with E-state index in [2.05, 4.69) is 0 Å². The summed E-state index contributed by atoms with van der Waals surface area (Å²) in [7, 11) is 1.12. The van der Waals surface area contributed by atoms with E-state index in [1.165, 1.54) is 11.0 Å². The van der Waals surface area contributed by atoms with Gasteiger partial charge in [0.2, 0.25) is 11.8 Å². The lowest BCUT2D eigenvalue weighted by atomic mass is 10.1. The summed E-state index contributed by atoms with van der Waals surface area (Å²) >= 11 is 0. The van der Waals surface area contributed by atoms with Gasteiger partial charge in [0.1, 0.15) is 5.75 Å². The van der Waals surface area contributed by atoms with Gasteiger partial charge in [0, 0.05) is 24.7 Å². The molecule has 1 aliphatic rings. The fraction of sp³-hybridized carbons (Fsp3) is 0.385. The van der Waals surface area contributed by atoms with Crippen LogP contribution in [0.5, 0.6) is 5.75 Å². The first-order valence-corrected chi connectivity index (χ1v) is 6.09. The fourth-order valence-corrected chi connectivity index (χ4v) is 2.23. The average molecular weight is 302 g/mol. The Morgan fingerprint density at radius 3 is 2.57 bits per heavy atom. The fourth-order valence-electron chi connectivity index (χ4n) is 2.23. The van der Waals surface area contributed by atoms with E-state index in [4.69, 9.17) is 10.5 Å². The van der Waals surface area contributed by atoms with Crippen molar-refractivity contribution in [2.45, 2.75) is 12.6 Å². The molecule has 0 aliphatic carbocycles. The van der Waals surface area contributed by atoms with E-state index >= 15 is 0 Å². The van der Waals surface area contributed by atoms with Crippen molar-refractivity contribution < 1.29 is 27.5 Å². The Balaban J connectivity index is 2.34.